The van der Waals surface area contributed by atoms with Crippen molar-refractivity contribution in [3.63, 3.8) is 0 Å². The van der Waals surface area contributed by atoms with E-state index in [0.717, 1.165) is 0 Å². The molecule has 140 valence electrons. The van der Waals surface area contributed by atoms with Crippen molar-refractivity contribution in [1.29, 1.82) is 0 Å². The molecule has 0 spiro atoms. The number of rotatable bonds is 5. The van der Waals surface area contributed by atoms with Crippen LogP contribution in [-0.4, -0.2) is 48.4 Å². The summed E-state index contributed by atoms with van der Waals surface area (Å²) in [5, 5.41) is 6.75. The highest BCUT2D eigenvalue weighted by Crippen LogP contribution is 2.30. The smallest absolute Gasteiger partial charge is 0.321 e. The summed E-state index contributed by atoms with van der Waals surface area (Å²) in [6, 6.07) is 8.50. The third kappa shape index (κ3) is 3.43. The molecule has 1 aliphatic heterocycles. The van der Waals surface area contributed by atoms with E-state index >= 15 is 0 Å². The van der Waals surface area contributed by atoms with Crippen molar-refractivity contribution in [2.75, 3.05) is 32.6 Å². The van der Waals surface area contributed by atoms with Gasteiger partial charge in [0, 0.05) is 37.0 Å². The fourth-order valence-electron chi connectivity index (χ4n) is 2.79. The van der Waals surface area contributed by atoms with E-state index < -0.39 is 0 Å². The molecule has 0 saturated carbocycles. The molecule has 3 heterocycles. The Morgan fingerprint density at radius 2 is 1.96 bits per heavy atom. The summed E-state index contributed by atoms with van der Waals surface area (Å²) in [6.07, 6.45) is 1.55. The molecular weight excluding hydrogens is 352 g/mol. The van der Waals surface area contributed by atoms with Gasteiger partial charge in [-0.1, -0.05) is 5.16 Å². The van der Waals surface area contributed by atoms with Gasteiger partial charge >= 0.3 is 6.03 Å². The van der Waals surface area contributed by atoms with Crippen LogP contribution in [0.15, 0.2) is 45.5 Å². The highest BCUT2D eigenvalue weighted by Gasteiger charge is 2.36. The van der Waals surface area contributed by atoms with E-state index in [9.17, 15) is 4.79 Å². The van der Waals surface area contributed by atoms with Crippen molar-refractivity contribution in [1.82, 2.24) is 15.0 Å². The van der Waals surface area contributed by atoms with Crippen molar-refractivity contribution in [3.8, 4) is 23.1 Å². The van der Waals surface area contributed by atoms with Gasteiger partial charge in [-0.15, -0.1) is 0 Å². The van der Waals surface area contributed by atoms with Gasteiger partial charge in [-0.3, -0.25) is 0 Å². The second kappa shape index (κ2) is 7.02. The normalized spacial score (nSPS) is 13.9. The Kier molecular flexibility index (Phi) is 4.41. The Morgan fingerprint density at radius 1 is 1.22 bits per heavy atom. The third-order valence-corrected chi connectivity index (χ3v) is 4.30. The van der Waals surface area contributed by atoms with Crippen molar-refractivity contribution in [3.05, 3.63) is 42.5 Å². The first-order valence-corrected chi connectivity index (χ1v) is 8.32. The molecule has 27 heavy (non-hydrogen) atoms. The van der Waals surface area contributed by atoms with Crippen LogP contribution in [0.1, 0.15) is 11.8 Å². The number of benzene rings is 1. The maximum atomic E-state index is 12.4. The molecule has 1 N–H and O–H groups in total. The quantitative estimate of drug-likeness (QED) is 0.736. The SMILES string of the molecule is COc1cc(NC(=O)N2CC(c3nc(-c4ccco4)no3)C2)cc(OC)c1. The summed E-state index contributed by atoms with van der Waals surface area (Å²) < 4.78 is 20.9. The number of hydrogen-bond acceptors (Lipinski definition) is 7. The van der Waals surface area contributed by atoms with Crippen LogP contribution in [0.4, 0.5) is 10.5 Å². The molecule has 1 aliphatic rings. The van der Waals surface area contributed by atoms with Crippen LogP contribution in [0, 0.1) is 0 Å². The summed E-state index contributed by atoms with van der Waals surface area (Å²) in [6.45, 7) is 0.986. The van der Waals surface area contributed by atoms with Gasteiger partial charge in [0.2, 0.25) is 11.7 Å². The molecule has 2 amide bonds. The Balaban J connectivity index is 1.36. The molecule has 4 rings (SSSR count). The minimum absolute atomic E-state index is 0.00630. The highest BCUT2D eigenvalue weighted by atomic mass is 16.5. The monoisotopic (exact) mass is 370 g/mol. The average Bonchev–Trinajstić information content (AvgIpc) is 3.31. The number of nitrogens with zero attached hydrogens (tertiary/aromatic N) is 3. The standard InChI is InChI=1S/C18H18N4O5/c1-24-13-6-12(7-14(8-13)25-2)19-18(23)22-9-11(10-22)17-20-16(21-27-17)15-4-3-5-26-15/h3-8,11H,9-10H2,1-2H3,(H,19,23). The third-order valence-electron chi connectivity index (χ3n) is 4.30. The zero-order valence-corrected chi connectivity index (χ0v) is 14.8. The topological polar surface area (TPSA) is 103 Å². The summed E-state index contributed by atoms with van der Waals surface area (Å²) >= 11 is 0. The van der Waals surface area contributed by atoms with Gasteiger partial charge in [0.25, 0.3) is 0 Å². The summed E-state index contributed by atoms with van der Waals surface area (Å²) in [5.74, 6) is 2.65. The van der Waals surface area contributed by atoms with Gasteiger partial charge in [-0.25, -0.2) is 4.79 Å². The van der Waals surface area contributed by atoms with Crippen LogP contribution in [0.3, 0.4) is 0 Å². The van der Waals surface area contributed by atoms with Gasteiger partial charge < -0.3 is 28.6 Å². The lowest BCUT2D eigenvalue weighted by atomic mass is 10.0. The number of anilines is 1. The lowest BCUT2D eigenvalue weighted by Gasteiger charge is -2.36. The molecule has 1 fully saturated rings. The number of amides is 2. The second-order valence-electron chi connectivity index (χ2n) is 6.07. The first-order valence-electron chi connectivity index (χ1n) is 8.32. The molecular formula is C18H18N4O5. The van der Waals surface area contributed by atoms with E-state index in [2.05, 4.69) is 15.5 Å². The van der Waals surface area contributed by atoms with Crippen LogP contribution in [-0.2, 0) is 0 Å². The minimum atomic E-state index is -0.215. The van der Waals surface area contributed by atoms with Crippen LogP contribution in [0.2, 0.25) is 0 Å². The molecule has 0 atom stereocenters. The Labute approximate surface area is 154 Å². The first-order chi connectivity index (χ1) is 13.2. The van der Waals surface area contributed by atoms with Crippen LogP contribution < -0.4 is 14.8 Å². The molecule has 0 radical (unpaired) electrons. The number of hydrogen-bond donors (Lipinski definition) is 1. The predicted molar refractivity (Wildman–Crippen MR) is 94.9 cm³/mol. The van der Waals surface area contributed by atoms with Gasteiger partial charge in [0.1, 0.15) is 11.5 Å². The molecule has 0 aliphatic carbocycles. The fraction of sp³-hybridized carbons (Fsp3) is 0.278. The van der Waals surface area contributed by atoms with E-state index in [1.54, 1.807) is 55.7 Å². The first kappa shape index (κ1) is 17.0. The molecule has 9 nitrogen and oxygen atoms in total. The van der Waals surface area contributed by atoms with E-state index in [4.69, 9.17) is 18.4 Å². The summed E-state index contributed by atoms with van der Waals surface area (Å²) in [5.41, 5.74) is 0.595. The molecule has 0 bridgehead atoms. The highest BCUT2D eigenvalue weighted by molar-refractivity contribution is 5.90. The predicted octanol–water partition coefficient (Wildman–Crippen LogP) is 2.98. The number of carbonyl (C=O) groups excluding carboxylic acids is 1. The van der Waals surface area contributed by atoms with E-state index in [1.165, 1.54) is 0 Å². The van der Waals surface area contributed by atoms with E-state index in [1.807, 2.05) is 0 Å². The van der Waals surface area contributed by atoms with Crippen LogP contribution in [0.5, 0.6) is 11.5 Å². The molecule has 1 saturated heterocycles. The van der Waals surface area contributed by atoms with Gasteiger partial charge in [-0.05, 0) is 12.1 Å². The minimum Gasteiger partial charge on any atom is -0.497 e. The van der Waals surface area contributed by atoms with Gasteiger partial charge in [0.05, 0.1) is 26.4 Å². The average molecular weight is 370 g/mol. The zero-order chi connectivity index (χ0) is 18.8. The van der Waals surface area contributed by atoms with Crippen LogP contribution in [0.25, 0.3) is 11.6 Å². The Morgan fingerprint density at radius 3 is 2.59 bits per heavy atom. The van der Waals surface area contributed by atoms with Crippen molar-refractivity contribution < 1.29 is 23.2 Å². The number of likely N-dealkylation sites (tertiary alicyclic amines) is 1. The van der Waals surface area contributed by atoms with Crippen molar-refractivity contribution in [2.45, 2.75) is 5.92 Å². The lowest BCUT2D eigenvalue weighted by Crippen LogP contribution is -2.50. The fourth-order valence-corrected chi connectivity index (χ4v) is 2.79. The summed E-state index contributed by atoms with van der Waals surface area (Å²) in [4.78, 5) is 18.4. The number of carbonyl (C=O) groups is 1. The van der Waals surface area contributed by atoms with E-state index in [-0.39, 0.29) is 11.9 Å². The number of nitrogens with one attached hydrogen (secondary N) is 1. The van der Waals surface area contributed by atoms with E-state index in [0.29, 0.717) is 47.8 Å². The Hall–Kier alpha value is -3.49. The maximum Gasteiger partial charge on any atom is 0.321 e. The number of methoxy groups -OCH3 is 2. The van der Waals surface area contributed by atoms with Crippen molar-refractivity contribution >= 4 is 11.7 Å². The van der Waals surface area contributed by atoms with Gasteiger partial charge in [0.15, 0.2) is 5.76 Å². The molecule has 3 aromatic rings. The number of ether oxygens (including phenoxy) is 2. The molecule has 0 unspecified atom stereocenters. The van der Waals surface area contributed by atoms with Crippen molar-refractivity contribution in [2.24, 2.45) is 0 Å². The van der Waals surface area contributed by atoms with Crippen LogP contribution >= 0.6 is 0 Å². The van der Waals surface area contributed by atoms with Gasteiger partial charge in [-0.2, -0.15) is 4.98 Å². The zero-order valence-electron chi connectivity index (χ0n) is 14.8. The number of furan rings is 1. The molecule has 1 aromatic carbocycles. The Bertz CT molecular complexity index is 909. The lowest BCUT2D eigenvalue weighted by molar-refractivity contribution is 0.147. The maximum absolute atomic E-state index is 12.4. The summed E-state index contributed by atoms with van der Waals surface area (Å²) in [7, 11) is 3.11. The number of aromatic nitrogens is 2. The molecule has 9 heteroatoms. The largest absolute Gasteiger partial charge is 0.497 e. The molecule has 2 aromatic heterocycles. The second-order valence-corrected chi connectivity index (χ2v) is 6.07. The number of urea groups is 1.